The van der Waals surface area contributed by atoms with E-state index in [0.29, 0.717) is 0 Å². The van der Waals surface area contributed by atoms with E-state index >= 15 is 0 Å². The van der Waals surface area contributed by atoms with Crippen LogP contribution in [0, 0.1) is 0 Å². The van der Waals surface area contributed by atoms with Gasteiger partial charge in [0.05, 0.1) is 6.61 Å². The Morgan fingerprint density at radius 3 is 1.26 bits per heavy atom. The summed E-state index contributed by atoms with van der Waals surface area (Å²) in [6, 6.07) is 7.31. The third kappa shape index (κ3) is 13.5. The number of benzene rings is 1. The summed E-state index contributed by atoms with van der Waals surface area (Å²) in [5, 5.41) is 0. The Bertz CT molecular complexity index is 1250. The van der Waals surface area contributed by atoms with Gasteiger partial charge in [-0.25, -0.2) is 18.3 Å². The van der Waals surface area contributed by atoms with Crippen molar-refractivity contribution in [2.24, 2.45) is 0 Å². The number of esters is 1. The Labute approximate surface area is 234 Å². The Hall–Kier alpha value is -0.760. The van der Waals surface area contributed by atoms with Gasteiger partial charge in [0.2, 0.25) is 0 Å². The van der Waals surface area contributed by atoms with E-state index in [1.807, 2.05) is 0 Å². The lowest BCUT2D eigenvalue weighted by atomic mass is 9.84. The first-order valence-corrected chi connectivity index (χ1v) is 18.6. The molecule has 2 unspecified atom stereocenters. The van der Waals surface area contributed by atoms with Crippen LogP contribution in [0.25, 0.3) is 0 Å². The molecule has 242 valence electrons. The summed E-state index contributed by atoms with van der Waals surface area (Å²) in [7, 11) is -28.7. The summed E-state index contributed by atoms with van der Waals surface area (Å²) in [5.41, 5.74) is 0.248. The monoisotopic (exact) mass is 712 g/mol. The number of carbonyl (C=O) groups excluding carboxylic acids is 1. The van der Waals surface area contributed by atoms with Gasteiger partial charge >= 0.3 is 44.9 Å². The first-order chi connectivity index (χ1) is 18.8. The minimum absolute atomic E-state index is 0.248. The largest absolute Gasteiger partial charge is 0.470 e. The molecule has 2 rings (SSSR count). The lowest BCUT2D eigenvalue weighted by Gasteiger charge is -2.48. The summed E-state index contributed by atoms with van der Waals surface area (Å²) < 4.78 is 86.7. The van der Waals surface area contributed by atoms with Gasteiger partial charge in [0, 0.05) is 0 Å². The molecule has 10 N–H and O–H groups in total. The van der Waals surface area contributed by atoms with E-state index in [0.717, 1.165) is 0 Å². The number of phosphoric ester groups is 4. The van der Waals surface area contributed by atoms with Crippen LogP contribution in [0.15, 0.2) is 30.3 Å². The highest BCUT2D eigenvalue weighted by Crippen LogP contribution is 2.53. The Kier molecular flexibility index (Phi) is 12.6. The molecular formula is C15H25O22P5. The number of rotatable bonds is 14. The molecule has 22 nitrogen and oxygen atoms in total. The Balaban J connectivity index is 2.82. The molecule has 42 heavy (non-hydrogen) atoms. The summed E-state index contributed by atoms with van der Waals surface area (Å²) >= 11 is 0. The zero-order valence-electron chi connectivity index (χ0n) is 20.4. The maximum Gasteiger partial charge on any atom is 0.470 e. The number of phosphoric acid groups is 4. The molecule has 0 amide bonds. The molecule has 1 saturated carbocycles. The molecule has 0 heterocycles. The van der Waals surface area contributed by atoms with Crippen molar-refractivity contribution < 1.29 is 104 Å². The Morgan fingerprint density at radius 1 is 0.571 bits per heavy atom. The first kappa shape index (κ1) is 37.4. The quantitative estimate of drug-likeness (QED) is 0.0782. The molecule has 0 saturated heterocycles. The molecule has 27 heteroatoms. The van der Waals surface area contributed by atoms with Crippen molar-refractivity contribution in [3.8, 4) is 0 Å². The van der Waals surface area contributed by atoms with Gasteiger partial charge in [0.1, 0.15) is 36.7 Å². The van der Waals surface area contributed by atoms with E-state index in [1.165, 1.54) is 24.3 Å². The molecular weight excluding hydrogens is 687 g/mol. The highest BCUT2D eigenvalue weighted by molar-refractivity contribution is 7.52. The van der Waals surface area contributed by atoms with Crippen molar-refractivity contribution >= 4 is 44.9 Å². The first-order valence-electron chi connectivity index (χ1n) is 10.7. The second kappa shape index (κ2) is 14.1. The summed E-state index contributed by atoms with van der Waals surface area (Å²) in [4.78, 5) is 106. The van der Waals surface area contributed by atoms with Crippen LogP contribution in [0.3, 0.4) is 0 Å². The van der Waals surface area contributed by atoms with Crippen LogP contribution in [0.5, 0.6) is 0 Å². The van der Waals surface area contributed by atoms with Crippen LogP contribution < -0.4 is 0 Å². The van der Waals surface area contributed by atoms with Crippen molar-refractivity contribution in [2.45, 2.75) is 43.2 Å². The van der Waals surface area contributed by atoms with E-state index in [2.05, 4.69) is 18.1 Å². The average Bonchev–Trinajstić information content (AvgIpc) is 2.74. The predicted molar refractivity (Wildman–Crippen MR) is 129 cm³/mol. The van der Waals surface area contributed by atoms with E-state index in [1.54, 1.807) is 6.07 Å². The van der Waals surface area contributed by atoms with Crippen molar-refractivity contribution in [3.05, 3.63) is 35.9 Å². The lowest BCUT2D eigenvalue weighted by molar-refractivity contribution is -0.232. The van der Waals surface area contributed by atoms with Gasteiger partial charge in [0.25, 0.3) is 0 Å². The van der Waals surface area contributed by atoms with Crippen molar-refractivity contribution in [1.29, 1.82) is 0 Å². The number of carbonyl (C=O) groups is 1. The number of hydrogen-bond acceptors (Lipinski definition) is 12. The molecule has 1 fully saturated rings. The van der Waals surface area contributed by atoms with Gasteiger partial charge in [-0.1, -0.05) is 30.3 Å². The molecule has 1 aliphatic carbocycles. The zero-order valence-corrected chi connectivity index (χ0v) is 24.8. The molecule has 0 aliphatic heterocycles. The Morgan fingerprint density at radius 2 is 0.929 bits per heavy atom. The minimum Gasteiger partial charge on any atom is -0.456 e. The maximum atomic E-state index is 12.3. The van der Waals surface area contributed by atoms with E-state index in [-0.39, 0.29) is 5.56 Å². The molecule has 1 aromatic rings. The second-order valence-corrected chi connectivity index (χ2v) is 14.7. The fraction of sp³-hybridized carbons (Fsp3) is 0.533. The van der Waals surface area contributed by atoms with Crippen LogP contribution in [0.1, 0.15) is 5.56 Å². The highest BCUT2D eigenvalue weighted by atomic mass is 31.2. The molecule has 0 aromatic heterocycles. The summed E-state index contributed by atoms with van der Waals surface area (Å²) in [5.74, 6) is -1.97. The fourth-order valence-electron chi connectivity index (χ4n) is 3.68. The van der Waals surface area contributed by atoms with Crippen LogP contribution >= 0.6 is 38.9 Å². The fourth-order valence-corrected chi connectivity index (χ4v) is 6.32. The molecule has 0 radical (unpaired) electrons. The zero-order chi connectivity index (χ0) is 32.3. The standard InChI is InChI=1S/C15H25O22P5/c16-9(7-38(17,18)19)33-11-14(36-41(26,27)28)12(34-39(20,21)22)10(32-6-8-4-2-1-3-5-8)13(35-40(23,24)25)15(11)37-42(29,30)31/h1-5,10-15H,6-7H2,(H2,17,18,19)(H2,20,21,22)(H2,23,24,25)(H2,26,27,28)(H2,29,30,31)/t10?,11?,12-,13+,14-,15+. The van der Waals surface area contributed by atoms with Crippen LogP contribution in [0.4, 0.5) is 0 Å². The van der Waals surface area contributed by atoms with Gasteiger partial charge in [-0.05, 0) is 5.56 Å². The van der Waals surface area contributed by atoms with Crippen LogP contribution in [-0.2, 0) is 61.8 Å². The lowest BCUT2D eigenvalue weighted by Crippen LogP contribution is -2.67. The maximum absolute atomic E-state index is 12.3. The van der Waals surface area contributed by atoms with Crippen LogP contribution in [0.2, 0.25) is 0 Å². The topological polar surface area (TPSA) is 360 Å². The predicted octanol–water partition coefficient (Wildman–Crippen LogP) is -1.41. The third-order valence-electron chi connectivity index (χ3n) is 4.87. The molecule has 6 atom stereocenters. The van der Waals surface area contributed by atoms with Crippen LogP contribution in [-0.4, -0.2) is 97.7 Å². The van der Waals surface area contributed by atoms with Gasteiger partial charge < -0.3 is 58.4 Å². The van der Waals surface area contributed by atoms with E-state index in [9.17, 15) is 66.8 Å². The normalized spacial score (nSPS) is 26.1. The van der Waals surface area contributed by atoms with Gasteiger partial charge in [-0.3, -0.25) is 27.5 Å². The van der Waals surface area contributed by atoms with Gasteiger partial charge in [-0.2, -0.15) is 0 Å². The van der Waals surface area contributed by atoms with Crippen molar-refractivity contribution in [1.82, 2.24) is 0 Å². The van der Waals surface area contributed by atoms with Crippen molar-refractivity contribution in [3.63, 3.8) is 0 Å². The number of ether oxygens (including phenoxy) is 2. The molecule has 1 aliphatic rings. The second-order valence-electron chi connectivity index (χ2n) is 8.28. The molecule has 0 spiro atoms. The van der Waals surface area contributed by atoms with Gasteiger partial charge in [-0.15, -0.1) is 0 Å². The minimum atomic E-state index is -5.88. The average molecular weight is 712 g/mol. The number of hydrogen-bond donors (Lipinski definition) is 10. The summed E-state index contributed by atoms with van der Waals surface area (Å²) in [6.07, 6.45) is -18.0. The molecule has 0 bridgehead atoms. The van der Waals surface area contributed by atoms with E-state index in [4.69, 9.17) is 19.3 Å². The third-order valence-corrected chi connectivity index (χ3v) is 7.61. The highest BCUT2D eigenvalue weighted by Gasteiger charge is 2.61. The summed E-state index contributed by atoms with van der Waals surface area (Å²) in [6.45, 7) is -0.651. The smallest absolute Gasteiger partial charge is 0.456 e. The van der Waals surface area contributed by atoms with Gasteiger partial charge in [0.15, 0.2) is 6.10 Å². The van der Waals surface area contributed by atoms with E-state index < -0.39 is 94.2 Å². The SMILES string of the molecule is O=C(CP(=O)(O)O)OC1[C@@H](OP(=O)(O)O)[C@H](OP(=O)(O)O)C(OCc2ccccc2)[C@H](OP(=O)(O)O)[C@H]1OP(=O)(O)O. The molecule has 1 aromatic carbocycles. The van der Waals surface area contributed by atoms with Crippen molar-refractivity contribution in [2.75, 3.05) is 6.16 Å².